The number of carbonyl (C=O) groups is 1. The van der Waals surface area contributed by atoms with E-state index in [-0.39, 0.29) is 17.4 Å². The molecule has 0 saturated heterocycles. The first-order chi connectivity index (χ1) is 13.0. The fourth-order valence-electron chi connectivity index (χ4n) is 2.58. The Morgan fingerprint density at radius 2 is 1.59 bits per heavy atom. The molecule has 1 N–H and O–H groups in total. The normalized spacial score (nSPS) is 11.5. The third-order valence-electron chi connectivity index (χ3n) is 4.10. The molecule has 0 unspecified atom stereocenters. The van der Waals surface area contributed by atoms with Crippen molar-refractivity contribution in [2.24, 2.45) is 0 Å². The van der Waals surface area contributed by atoms with E-state index in [4.69, 9.17) is 4.74 Å². The fourth-order valence-corrected chi connectivity index (χ4v) is 4.04. The molecule has 2 aromatic carbocycles. The van der Waals surface area contributed by atoms with Gasteiger partial charge in [-0.2, -0.15) is 4.31 Å². The van der Waals surface area contributed by atoms with E-state index < -0.39 is 10.0 Å². The van der Waals surface area contributed by atoms with Crippen molar-refractivity contribution < 1.29 is 17.9 Å². The first kappa shape index (κ1) is 21.1. The molecule has 0 saturated carbocycles. The maximum absolute atomic E-state index is 12.4. The third-order valence-corrected chi connectivity index (χ3v) is 6.17. The summed E-state index contributed by atoms with van der Waals surface area (Å²) in [6, 6.07) is 16.2. The van der Waals surface area contributed by atoms with Gasteiger partial charge in [0.25, 0.3) is 0 Å². The van der Waals surface area contributed by atoms with Crippen LogP contribution in [-0.4, -0.2) is 38.3 Å². The van der Waals surface area contributed by atoms with E-state index in [1.54, 1.807) is 24.3 Å². The van der Waals surface area contributed by atoms with Gasteiger partial charge in [-0.05, 0) is 23.3 Å². The highest BCUT2D eigenvalue weighted by atomic mass is 32.2. The van der Waals surface area contributed by atoms with Gasteiger partial charge in [0.1, 0.15) is 6.61 Å². The molecule has 1 amide bonds. The summed E-state index contributed by atoms with van der Waals surface area (Å²) in [4.78, 5) is 12.1. The standard InChI is InChI=1S/C20H26N2O4S/c1-3-22(4-2)27(24,25)19-12-10-17(11-13-19)14-21-20(23)16-26-15-18-8-6-5-7-9-18/h5-13H,3-4,14-16H2,1-2H3,(H,21,23). The summed E-state index contributed by atoms with van der Waals surface area (Å²) in [6.07, 6.45) is 0. The van der Waals surface area contributed by atoms with E-state index in [1.807, 2.05) is 44.2 Å². The number of rotatable bonds is 10. The van der Waals surface area contributed by atoms with E-state index in [1.165, 1.54) is 4.31 Å². The van der Waals surface area contributed by atoms with E-state index in [0.717, 1.165) is 11.1 Å². The number of benzene rings is 2. The Morgan fingerprint density at radius 1 is 0.963 bits per heavy atom. The molecule has 0 aliphatic rings. The van der Waals surface area contributed by atoms with Crippen molar-refractivity contribution in [3.63, 3.8) is 0 Å². The molecule has 0 fully saturated rings. The Morgan fingerprint density at radius 3 is 2.19 bits per heavy atom. The van der Waals surface area contributed by atoms with Crippen LogP contribution in [0.3, 0.4) is 0 Å². The van der Waals surface area contributed by atoms with Crippen LogP contribution in [0.5, 0.6) is 0 Å². The Hall–Kier alpha value is -2.22. The van der Waals surface area contributed by atoms with Crippen LogP contribution in [0, 0.1) is 0 Å². The molecule has 0 bridgehead atoms. The van der Waals surface area contributed by atoms with E-state index in [9.17, 15) is 13.2 Å². The van der Waals surface area contributed by atoms with Crippen molar-refractivity contribution in [2.45, 2.75) is 31.9 Å². The summed E-state index contributed by atoms with van der Waals surface area (Å²) in [5.41, 5.74) is 1.83. The smallest absolute Gasteiger partial charge is 0.246 e. The van der Waals surface area contributed by atoms with Crippen LogP contribution >= 0.6 is 0 Å². The molecule has 7 heteroatoms. The lowest BCUT2D eigenvalue weighted by Crippen LogP contribution is -2.30. The van der Waals surface area contributed by atoms with Crippen LogP contribution in [0.1, 0.15) is 25.0 Å². The topological polar surface area (TPSA) is 75.7 Å². The Balaban J connectivity index is 1.81. The quantitative estimate of drug-likeness (QED) is 0.676. The number of hydrogen-bond acceptors (Lipinski definition) is 4. The minimum atomic E-state index is -3.46. The first-order valence-corrected chi connectivity index (χ1v) is 10.4. The molecule has 0 radical (unpaired) electrons. The number of amides is 1. The van der Waals surface area contributed by atoms with Crippen molar-refractivity contribution in [3.05, 3.63) is 65.7 Å². The van der Waals surface area contributed by atoms with Gasteiger partial charge in [-0.3, -0.25) is 4.79 Å². The van der Waals surface area contributed by atoms with Crippen LogP contribution in [0.15, 0.2) is 59.5 Å². The van der Waals surface area contributed by atoms with Crippen LogP contribution < -0.4 is 5.32 Å². The van der Waals surface area contributed by atoms with Gasteiger partial charge in [-0.1, -0.05) is 56.3 Å². The Bertz CT molecular complexity index is 817. The van der Waals surface area contributed by atoms with Crippen molar-refractivity contribution in [1.82, 2.24) is 9.62 Å². The van der Waals surface area contributed by atoms with Crippen molar-refractivity contribution >= 4 is 15.9 Å². The highest BCUT2D eigenvalue weighted by molar-refractivity contribution is 7.89. The minimum Gasteiger partial charge on any atom is -0.367 e. The van der Waals surface area contributed by atoms with Gasteiger partial charge in [0.05, 0.1) is 11.5 Å². The molecule has 0 aromatic heterocycles. The zero-order valence-electron chi connectivity index (χ0n) is 15.7. The molecule has 6 nitrogen and oxygen atoms in total. The van der Waals surface area contributed by atoms with Gasteiger partial charge < -0.3 is 10.1 Å². The summed E-state index contributed by atoms with van der Waals surface area (Å²) < 4.78 is 31.7. The summed E-state index contributed by atoms with van der Waals surface area (Å²) in [5, 5.41) is 2.76. The number of hydrogen-bond donors (Lipinski definition) is 1. The number of ether oxygens (including phenoxy) is 1. The lowest BCUT2D eigenvalue weighted by atomic mass is 10.2. The lowest BCUT2D eigenvalue weighted by Gasteiger charge is -2.18. The zero-order valence-corrected chi connectivity index (χ0v) is 16.5. The summed E-state index contributed by atoms with van der Waals surface area (Å²) >= 11 is 0. The molecule has 2 rings (SSSR count). The van der Waals surface area contributed by atoms with Gasteiger partial charge in [-0.15, -0.1) is 0 Å². The first-order valence-electron chi connectivity index (χ1n) is 8.94. The molecule has 146 valence electrons. The fraction of sp³-hybridized carbons (Fsp3) is 0.350. The average molecular weight is 391 g/mol. The van der Waals surface area contributed by atoms with E-state index in [2.05, 4.69) is 5.32 Å². The van der Waals surface area contributed by atoms with Gasteiger partial charge in [0.15, 0.2) is 0 Å². The molecule has 27 heavy (non-hydrogen) atoms. The monoisotopic (exact) mass is 390 g/mol. The van der Waals surface area contributed by atoms with Crippen molar-refractivity contribution in [1.29, 1.82) is 0 Å². The predicted octanol–water partition coefficient (Wildman–Crippen LogP) is 2.55. The maximum Gasteiger partial charge on any atom is 0.246 e. The van der Waals surface area contributed by atoms with Crippen LogP contribution in [0.2, 0.25) is 0 Å². The molecule has 0 aliphatic heterocycles. The van der Waals surface area contributed by atoms with Crippen molar-refractivity contribution in [2.75, 3.05) is 19.7 Å². The largest absolute Gasteiger partial charge is 0.367 e. The van der Waals surface area contributed by atoms with E-state index >= 15 is 0 Å². The number of carbonyl (C=O) groups excluding carboxylic acids is 1. The third kappa shape index (κ3) is 6.16. The van der Waals surface area contributed by atoms with Crippen molar-refractivity contribution in [3.8, 4) is 0 Å². The van der Waals surface area contributed by atoms with Gasteiger partial charge in [0, 0.05) is 19.6 Å². The van der Waals surface area contributed by atoms with Crippen LogP contribution in [-0.2, 0) is 32.7 Å². The summed E-state index contributed by atoms with van der Waals surface area (Å²) in [7, 11) is -3.46. The van der Waals surface area contributed by atoms with Crippen LogP contribution in [0.4, 0.5) is 0 Å². The summed E-state index contributed by atoms with van der Waals surface area (Å²) in [6.45, 7) is 5.16. The highest BCUT2D eigenvalue weighted by Crippen LogP contribution is 2.16. The Kier molecular flexibility index (Phi) is 7.97. The lowest BCUT2D eigenvalue weighted by molar-refractivity contribution is -0.126. The number of nitrogens with zero attached hydrogens (tertiary/aromatic N) is 1. The van der Waals surface area contributed by atoms with Gasteiger partial charge in [0.2, 0.25) is 15.9 Å². The minimum absolute atomic E-state index is 0.0245. The molecule has 0 atom stereocenters. The maximum atomic E-state index is 12.4. The molecule has 0 heterocycles. The second kappa shape index (κ2) is 10.2. The second-order valence-corrected chi connectivity index (χ2v) is 7.93. The predicted molar refractivity (Wildman–Crippen MR) is 104 cm³/mol. The molecule has 0 aliphatic carbocycles. The molecular formula is C20H26N2O4S. The summed E-state index contributed by atoms with van der Waals surface area (Å²) in [5.74, 6) is -0.217. The molecule has 2 aromatic rings. The highest BCUT2D eigenvalue weighted by Gasteiger charge is 2.21. The second-order valence-electron chi connectivity index (χ2n) is 5.99. The average Bonchev–Trinajstić information content (AvgIpc) is 2.68. The number of nitrogens with one attached hydrogen (secondary N) is 1. The number of sulfonamides is 1. The zero-order chi connectivity index (χ0) is 19.7. The Labute approximate surface area is 161 Å². The van der Waals surface area contributed by atoms with Gasteiger partial charge in [-0.25, -0.2) is 8.42 Å². The van der Waals surface area contributed by atoms with Crippen LogP contribution in [0.25, 0.3) is 0 Å². The van der Waals surface area contributed by atoms with Gasteiger partial charge >= 0.3 is 0 Å². The molecular weight excluding hydrogens is 364 g/mol. The SMILES string of the molecule is CCN(CC)S(=O)(=O)c1ccc(CNC(=O)COCc2ccccc2)cc1. The van der Waals surface area contributed by atoms with E-state index in [0.29, 0.717) is 26.2 Å². The molecule has 0 spiro atoms.